The zero-order valence-corrected chi connectivity index (χ0v) is 13.2. The van der Waals surface area contributed by atoms with Crippen molar-refractivity contribution in [3.63, 3.8) is 0 Å². The van der Waals surface area contributed by atoms with Crippen LogP contribution in [0.1, 0.15) is 26.7 Å². The third-order valence-electron chi connectivity index (χ3n) is 2.73. The van der Waals surface area contributed by atoms with Gasteiger partial charge in [-0.15, -0.1) is 0 Å². The molecule has 5 nitrogen and oxygen atoms in total. The van der Waals surface area contributed by atoms with Crippen molar-refractivity contribution in [2.24, 2.45) is 5.92 Å². The van der Waals surface area contributed by atoms with Gasteiger partial charge in [0.05, 0.1) is 12.8 Å². The van der Waals surface area contributed by atoms with Crippen molar-refractivity contribution >= 4 is 29.2 Å². The van der Waals surface area contributed by atoms with Crippen molar-refractivity contribution in [3.8, 4) is 5.75 Å². The van der Waals surface area contributed by atoms with Gasteiger partial charge in [0.2, 0.25) is 0 Å². The zero-order chi connectivity index (χ0) is 15.8. The number of nitrogens with one attached hydrogen (secondary N) is 1. The Morgan fingerprint density at radius 3 is 2.67 bits per heavy atom. The molecule has 0 aliphatic carbocycles. The lowest BCUT2D eigenvalue weighted by atomic mass is 10.1. The molecule has 0 spiro atoms. The Morgan fingerprint density at radius 2 is 2.05 bits per heavy atom. The summed E-state index contributed by atoms with van der Waals surface area (Å²) in [6, 6.07) is 4.87. The molecule has 0 fully saturated rings. The molecular formula is C15H20ClNO4. The molecule has 0 aliphatic heterocycles. The van der Waals surface area contributed by atoms with Gasteiger partial charge in [-0.25, -0.2) is 0 Å². The molecule has 0 radical (unpaired) electrons. The van der Waals surface area contributed by atoms with E-state index in [2.05, 4.69) is 5.32 Å². The minimum absolute atomic E-state index is 0.311. The number of methoxy groups -OCH3 is 1. The fourth-order valence-electron chi connectivity index (χ4n) is 1.59. The van der Waals surface area contributed by atoms with Gasteiger partial charge in [0.1, 0.15) is 5.75 Å². The van der Waals surface area contributed by atoms with E-state index in [1.807, 2.05) is 13.8 Å². The average molecular weight is 314 g/mol. The summed E-state index contributed by atoms with van der Waals surface area (Å²) < 4.78 is 10.0. The second-order valence-corrected chi connectivity index (χ2v) is 5.42. The number of amides is 1. The molecule has 0 atom stereocenters. The topological polar surface area (TPSA) is 64.6 Å². The van der Waals surface area contributed by atoms with Crippen molar-refractivity contribution in [2.75, 3.05) is 19.0 Å². The number of hydrogen-bond donors (Lipinski definition) is 1. The smallest absolute Gasteiger partial charge is 0.306 e. The van der Waals surface area contributed by atoms with Gasteiger partial charge in [0.25, 0.3) is 5.91 Å². The molecule has 1 aromatic carbocycles. The molecule has 21 heavy (non-hydrogen) atoms. The van der Waals surface area contributed by atoms with Gasteiger partial charge < -0.3 is 14.8 Å². The van der Waals surface area contributed by atoms with E-state index in [4.69, 9.17) is 21.1 Å². The molecular weight excluding hydrogens is 294 g/mol. The van der Waals surface area contributed by atoms with Gasteiger partial charge in [-0.05, 0) is 30.5 Å². The van der Waals surface area contributed by atoms with E-state index in [1.165, 1.54) is 7.11 Å². The zero-order valence-electron chi connectivity index (χ0n) is 12.4. The van der Waals surface area contributed by atoms with Crippen molar-refractivity contribution in [3.05, 3.63) is 23.2 Å². The van der Waals surface area contributed by atoms with Crippen LogP contribution in [0, 0.1) is 5.92 Å². The highest BCUT2D eigenvalue weighted by atomic mass is 35.5. The van der Waals surface area contributed by atoms with Gasteiger partial charge in [-0.3, -0.25) is 9.59 Å². The number of anilines is 1. The first-order valence-corrected chi connectivity index (χ1v) is 7.09. The predicted molar refractivity (Wildman–Crippen MR) is 81.7 cm³/mol. The Morgan fingerprint density at radius 1 is 1.33 bits per heavy atom. The highest BCUT2D eigenvalue weighted by Gasteiger charge is 2.11. The molecule has 0 aromatic heterocycles. The fraction of sp³-hybridized carbons (Fsp3) is 0.467. The molecule has 1 rings (SSSR count). The maximum Gasteiger partial charge on any atom is 0.306 e. The molecule has 0 saturated carbocycles. The Hall–Kier alpha value is -1.75. The van der Waals surface area contributed by atoms with E-state index in [9.17, 15) is 9.59 Å². The molecule has 0 saturated heterocycles. The molecule has 6 heteroatoms. The van der Waals surface area contributed by atoms with Gasteiger partial charge in [0, 0.05) is 11.4 Å². The minimum atomic E-state index is -0.437. The monoisotopic (exact) mass is 313 g/mol. The fourth-order valence-corrected chi connectivity index (χ4v) is 1.76. The second-order valence-electron chi connectivity index (χ2n) is 4.99. The lowest BCUT2D eigenvalue weighted by Crippen LogP contribution is -2.21. The van der Waals surface area contributed by atoms with Crippen LogP contribution in [0.25, 0.3) is 0 Å². The summed E-state index contributed by atoms with van der Waals surface area (Å²) in [5.41, 5.74) is 0.438. The van der Waals surface area contributed by atoms with Gasteiger partial charge in [-0.1, -0.05) is 25.4 Å². The Bertz CT molecular complexity index is 502. The van der Waals surface area contributed by atoms with E-state index in [1.54, 1.807) is 18.2 Å². The van der Waals surface area contributed by atoms with Crippen LogP contribution in [0.4, 0.5) is 5.69 Å². The number of esters is 1. The first-order chi connectivity index (χ1) is 9.92. The van der Waals surface area contributed by atoms with Crippen molar-refractivity contribution in [2.45, 2.75) is 26.7 Å². The molecule has 0 aliphatic rings. The summed E-state index contributed by atoms with van der Waals surface area (Å²) in [5.74, 6) is 0.0892. The third kappa shape index (κ3) is 6.49. The summed E-state index contributed by atoms with van der Waals surface area (Å²) in [7, 11) is 1.49. The number of halogens is 1. The summed E-state index contributed by atoms with van der Waals surface area (Å²) in [4.78, 5) is 23.2. The highest BCUT2D eigenvalue weighted by Crippen LogP contribution is 2.27. The van der Waals surface area contributed by atoms with Crippen LogP contribution in [-0.4, -0.2) is 25.6 Å². The van der Waals surface area contributed by atoms with E-state index in [0.29, 0.717) is 28.8 Å². The van der Waals surface area contributed by atoms with Crippen LogP contribution in [0.5, 0.6) is 5.75 Å². The highest BCUT2D eigenvalue weighted by molar-refractivity contribution is 6.31. The number of benzene rings is 1. The number of ether oxygens (including phenoxy) is 2. The lowest BCUT2D eigenvalue weighted by Gasteiger charge is -2.11. The average Bonchev–Trinajstić information content (AvgIpc) is 2.43. The standard InChI is InChI=1S/C15H20ClNO4/c1-10(2)4-7-15(19)21-9-14(18)17-12-8-11(16)5-6-13(12)20-3/h5-6,8,10H,4,7,9H2,1-3H3,(H,17,18). The van der Waals surface area contributed by atoms with Crippen LogP contribution >= 0.6 is 11.6 Å². The number of carbonyl (C=O) groups is 2. The van der Waals surface area contributed by atoms with Crippen molar-refractivity contribution in [1.82, 2.24) is 0 Å². The summed E-state index contributed by atoms with van der Waals surface area (Å²) in [5, 5.41) is 3.07. The number of carbonyl (C=O) groups excluding carboxylic acids is 2. The first-order valence-electron chi connectivity index (χ1n) is 6.71. The van der Waals surface area contributed by atoms with Gasteiger partial charge in [-0.2, -0.15) is 0 Å². The number of hydrogen-bond acceptors (Lipinski definition) is 4. The SMILES string of the molecule is COc1ccc(Cl)cc1NC(=O)COC(=O)CCC(C)C. The van der Waals surface area contributed by atoms with Crippen LogP contribution < -0.4 is 10.1 Å². The lowest BCUT2D eigenvalue weighted by molar-refractivity contribution is -0.147. The normalized spacial score (nSPS) is 10.3. The molecule has 116 valence electrons. The summed E-state index contributed by atoms with van der Waals surface area (Å²) >= 11 is 5.86. The molecule has 0 bridgehead atoms. The van der Waals surface area contributed by atoms with Crippen LogP contribution in [0.15, 0.2) is 18.2 Å². The maximum absolute atomic E-state index is 11.7. The quantitative estimate of drug-likeness (QED) is 0.785. The van der Waals surface area contributed by atoms with E-state index >= 15 is 0 Å². The predicted octanol–water partition coefficient (Wildman–Crippen LogP) is 3.27. The van der Waals surface area contributed by atoms with Crippen LogP contribution in [0.2, 0.25) is 5.02 Å². The molecule has 0 unspecified atom stereocenters. The van der Waals surface area contributed by atoms with E-state index in [-0.39, 0.29) is 12.6 Å². The van der Waals surface area contributed by atoms with Crippen LogP contribution in [0.3, 0.4) is 0 Å². The van der Waals surface area contributed by atoms with Crippen molar-refractivity contribution in [1.29, 1.82) is 0 Å². The Labute approximate surface area is 129 Å². The largest absolute Gasteiger partial charge is 0.495 e. The second kappa shape index (κ2) is 8.52. The maximum atomic E-state index is 11.7. The summed E-state index contributed by atoms with van der Waals surface area (Å²) in [6.07, 6.45) is 1.05. The van der Waals surface area contributed by atoms with E-state index in [0.717, 1.165) is 6.42 Å². The van der Waals surface area contributed by atoms with E-state index < -0.39 is 5.91 Å². The van der Waals surface area contributed by atoms with Gasteiger partial charge in [0.15, 0.2) is 6.61 Å². The molecule has 1 N–H and O–H groups in total. The Balaban J connectivity index is 2.47. The first kappa shape index (κ1) is 17.3. The number of rotatable bonds is 7. The molecule has 0 heterocycles. The van der Waals surface area contributed by atoms with Crippen molar-refractivity contribution < 1.29 is 19.1 Å². The molecule has 1 aromatic rings. The Kier molecular flexibility index (Phi) is 7.02. The third-order valence-corrected chi connectivity index (χ3v) is 2.96. The summed E-state index contributed by atoms with van der Waals surface area (Å²) in [6.45, 7) is 3.71. The van der Waals surface area contributed by atoms with Gasteiger partial charge >= 0.3 is 5.97 Å². The molecule has 1 amide bonds. The minimum Gasteiger partial charge on any atom is -0.495 e. The van der Waals surface area contributed by atoms with Crippen LogP contribution in [-0.2, 0) is 14.3 Å².